The average Bonchev–Trinajstić information content (AvgIpc) is 3.52. The van der Waals surface area contributed by atoms with Crippen molar-refractivity contribution in [1.29, 1.82) is 0 Å². The van der Waals surface area contributed by atoms with E-state index in [1.807, 2.05) is 24.7 Å². The third-order valence-electron chi connectivity index (χ3n) is 5.88. The molecule has 45 heavy (non-hydrogen) atoms. The van der Waals surface area contributed by atoms with Crippen LogP contribution in [-0.4, -0.2) is 114 Å². The second-order valence-corrected chi connectivity index (χ2v) is 9.28. The third kappa shape index (κ3) is 15.0. The fourth-order valence-electron chi connectivity index (χ4n) is 3.77. The molecular formula is C24H28F9N5O7. The van der Waals surface area contributed by atoms with Gasteiger partial charge in [0.2, 0.25) is 0 Å². The minimum Gasteiger partial charge on any atom is -0.475 e. The summed E-state index contributed by atoms with van der Waals surface area (Å²) in [5.41, 5.74) is 1.15. The summed E-state index contributed by atoms with van der Waals surface area (Å²) in [6, 6.07) is 4.65. The van der Waals surface area contributed by atoms with Gasteiger partial charge >= 0.3 is 36.4 Å². The lowest BCUT2D eigenvalue weighted by Crippen LogP contribution is -2.49. The number of hydrogen-bond acceptors (Lipinski definition) is 8. The Morgan fingerprint density at radius 1 is 0.889 bits per heavy atom. The summed E-state index contributed by atoms with van der Waals surface area (Å²) in [7, 11) is 2.07. The minimum atomic E-state index is -5.08. The molecule has 4 heterocycles. The second-order valence-electron chi connectivity index (χ2n) is 9.28. The van der Waals surface area contributed by atoms with Crippen molar-refractivity contribution < 1.29 is 74.0 Å². The Hall–Kier alpha value is -3.98. The van der Waals surface area contributed by atoms with Crippen LogP contribution in [0.2, 0.25) is 0 Å². The summed E-state index contributed by atoms with van der Waals surface area (Å²) in [4.78, 5) is 40.4. The number of ether oxygens (including phenoxy) is 1. The molecule has 2 fully saturated rings. The van der Waals surface area contributed by atoms with Gasteiger partial charge in [0.1, 0.15) is 5.82 Å². The molecule has 2 aromatic heterocycles. The van der Waals surface area contributed by atoms with Crippen LogP contribution in [0.15, 0.2) is 36.9 Å². The number of piperazine rings is 1. The molecule has 21 heteroatoms. The van der Waals surface area contributed by atoms with E-state index in [0.717, 1.165) is 50.5 Å². The highest BCUT2D eigenvalue weighted by molar-refractivity contribution is 5.73. The van der Waals surface area contributed by atoms with Crippen molar-refractivity contribution in [3.8, 4) is 0 Å². The number of rotatable bonds is 5. The number of fused-ring (bicyclic) bond motifs is 1. The van der Waals surface area contributed by atoms with E-state index in [0.29, 0.717) is 18.8 Å². The minimum absolute atomic E-state index is 0.336. The van der Waals surface area contributed by atoms with E-state index in [4.69, 9.17) is 34.4 Å². The first-order valence-electron chi connectivity index (χ1n) is 12.4. The number of aryl methyl sites for hydroxylation is 1. The molecule has 4 rings (SSSR count). The Morgan fingerprint density at radius 3 is 1.84 bits per heavy atom. The molecule has 12 nitrogen and oxygen atoms in total. The van der Waals surface area contributed by atoms with Crippen LogP contribution < -0.4 is 0 Å². The molecule has 0 saturated carbocycles. The van der Waals surface area contributed by atoms with Crippen LogP contribution in [0.25, 0.3) is 0 Å². The number of alkyl halides is 9. The fraction of sp³-hybridized carbons (Fsp3) is 0.542. The summed E-state index contributed by atoms with van der Waals surface area (Å²) in [6.07, 6.45) is -6.21. The van der Waals surface area contributed by atoms with Crippen LogP contribution in [0, 0.1) is 0 Å². The fourth-order valence-corrected chi connectivity index (χ4v) is 3.77. The molecule has 2 atom stereocenters. The van der Waals surface area contributed by atoms with Crippen molar-refractivity contribution in [2.75, 3.05) is 26.2 Å². The van der Waals surface area contributed by atoms with Gasteiger partial charge in [-0.3, -0.25) is 14.8 Å². The van der Waals surface area contributed by atoms with E-state index in [1.165, 1.54) is 0 Å². The molecule has 2 aromatic rings. The molecule has 0 spiro atoms. The summed E-state index contributed by atoms with van der Waals surface area (Å²) >= 11 is 0. The SMILES string of the molecule is Cn1ccnc1CN1CCN2C[C@H](OCc3cccnc3)C[C@H]2C1.O=C(O)C(F)(F)F.O=C(O)C(F)(F)F.O=C(O)C(F)(F)F. The number of imidazole rings is 1. The van der Waals surface area contributed by atoms with Gasteiger partial charge in [0.05, 0.1) is 19.3 Å². The van der Waals surface area contributed by atoms with Gasteiger partial charge in [-0.1, -0.05) is 6.07 Å². The Bertz CT molecular complexity index is 1170. The van der Waals surface area contributed by atoms with Crippen molar-refractivity contribution in [2.24, 2.45) is 7.05 Å². The Balaban J connectivity index is 0.000000396. The van der Waals surface area contributed by atoms with Gasteiger partial charge in [-0.25, -0.2) is 19.4 Å². The molecule has 0 unspecified atom stereocenters. The lowest BCUT2D eigenvalue weighted by molar-refractivity contribution is -0.193. The number of carboxylic acid groups (broad SMARTS) is 3. The number of halogens is 9. The molecule has 0 amide bonds. The number of hydrogen-bond donors (Lipinski definition) is 3. The first-order valence-corrected chi connectivity index (χ1v) is 12.4. The monoisotopic (exact) mass is 669 g/mol. The number of carbonyl (C=O) groups is 3. The Kier molecular flexibility index (Phi) is 14.7. The predicted molar refractivity (Wildman–Crippen MR) is 132 cm³/mol. The van der Waals surface area contributed by atoms with Gasteiger partial charge in [0.15, 0.2) is 0 Å². The lowest BCUT2D eigenvalue weighted by atomic mass is 10.1. The van der Waals surface area contributed by atoms with Crippen LogP contribution in [0.3, 0.4) is 0 Å². The van der Waals surface area contributed by atoms with E-state index in [2.05, 4.69) is 37.4 Å². The zero-order valence-electron chi connectivity index (χ0n) is 23.2. The molecule has 0 aromatic carbocycles. The smallest absolute Gasteiger partial charge is 0.475 e. The number of carboxylic acids is 3. The maximum Gasteiger partial charge on any atom is 0.490 e. The van der Waals surface area contributed by atoms with Crippen molar-refractivity contribution in [3.63, 3.8) is 0 Å². The highest BCUT2D eigenvalue weighted by Gasteiger charge is 2.40. The Morgan fingerprint density at radius 2 is 1.42 bits per heavy atom. The molecule has 0 aliphatic carbocycles. The third-order valence-corrected chi connectivity index (χ3v) is 5.88. The lowest BCUT2D eigenvalue weighted by Gasteiger charge is -2.36. The summed E-state index contributed by atoms with van der Waals surface area (Å²) in [5, 5.41) is 21.4. The summed E-state index contributed by atoms with van der Waals surface area (Å²) in [5.74, 6) is -7.13. The van der Waals surface area contributed by atoms with E-state index in [9.17, 15) is 39.5 Å². The van der Waals surface area contributed by atoms with Crippen LogP contribution in [0.4, 0.5) is 39.5 Å². The molecule has 2 aliphatic heterocycles. The van der Waals surface area contributed by atoms with E-state index in [-0.39, 0.29) is 0 Å². The highest BCUT2D eigenvalue weighted by Crippen LogP contribution is 2.25. The second kappa shape index (κ2) is 16.9. The summed E-state index contributed by atoms with van der Waals surface area (Å²) in [6.45, 7) is 6.01. The quantitative estimate of drug-likeness (QED) is 0.402. The van der Waals surface area contributed by atoms with Crippen LogP contribution in [0.5, 0.6) is 0 Å². The van der Waals surface area contributed by atoms with Crippen LogP contribution in [0.1, 0.15) is 17.8 Å². The van der Waals surface area contributed by atoms with Gasteiger partial charge in [-0.15, -0.1) is 0 Å². The maximum atomic E-state index is 10.6. The van der Waals surface area contributed by atoms with Gasteiger partial charge in [0.25, 0.3) is 0 Å². The first kappa shape index (κ1) is 39.0. The highest BCUT2D eigenvalue weighted by atomic mass is 19.4. The summed E-state index contributed by atoms with van der Waals surface area (Å²) < 4.78 is 103. The van der Waals surface area contributed by atoms with Crippen molar-refractivity contribution in [2.45, 2.75) is 50.2 Å². The standard InChI is InChI=1S/C18H25N5O.3C2HF3O2/c1-21-6-5-20-18(21)13-22-7-8-23-12-17(9-16(23)11-22)24-14-15-3-2-4-19-10-15;3*3-2(4,5)1(6)7/h2-6,10,16-17H,7-9,11-14H2,1H3;3*(H,6,7)/t16-,17+;;;/m0.../s1. The van der Waals surface area contributed by atoms with Crippen molar-refractivity contribution >= 4 is 17.9 Å². The average molecular weight is 669 g/mol. The van der Waals surface area contributed by atoms with Gasteiger partial charge in [-0.05, 0) is 18.1 Å². The number of pyridine rings is 1. The molecule has 0 bridgehead atoms. The zero-order valence-corrected chi connectivity index (χ0v) is 23.2. The first-order chi connectivity index (χ1) is 20.6. The molecule has 254 valence electrons. The molecule has 3 N–H and O–H groups in total. The van der Waals surface area contributed by atoms with Gasteiger partial charge < -0.3 is 24.6 Å². The topological polar surface area (TPSA) is 158 Å². The van der Waals surface area contributed by atoms with E-state index in [1.54, 1.807) is 6.20 Å². The van der Waals surface area contributed by atoms with Crippen LogP contribution >= 0.6 is 0 Å². The number of nitrogens with zero attached hydrogens (tertiary/aromatic N) is 5. The van der Waals surface area contributed by atoms with Gasteiger partial charge in [-0.2, -0.15) is 39.5 Å². The van der Waals surface area contributed by atoms with Crippen LogP contribution in [-0.2, 0) is 39.3 Å². The normalized spacial score (nSPS) is 18.6. The maximum absolute atomic E-state index is 10.6. The number of aliphatic carboxylic acids is 3. The van der Waals surface area contributed by atoms with E-state index < -0.39 is 36.4 Å². The largest absolute Gasteiger partial charge is 0.490 e. The van der Waals surface area contributed by atoms with Crippen molar-refractivity contribution in [1.82, 2.24) is 24.3 Å². The Labute approximate surface area is 248 Å². The molecule has 2 saturated heterocycles. The van der Waals surface area contributed by atoms with Gasteiger partial charge in [0, 0.05) is 64.1 Å². The molecule has 0 radical (unpaired) electrons. The van der Waals surface area contributed by atoms with E-state index >= 15 is 0 Å². The predicted octanol–water partition coefficient (Wildman–Crippen LogP) is 3.19. The zero-order chi connectivity index (χ0) is 34.6. The molecule has 2 aliphatic rings. The van der Waals surface area contributed by atoms with Crippen molar-refractivity contribution in [3.05, 3.63) is 48.3 Å². The molecular weight excluding hydrogens is 641 g/mol. The number of aromatic nitrogens is 3.